The van der Waals surface area contributed by atoms with Gasteiger partial charge in [0.1, 0.15) is 0 Å². The van der Waals surface area contributed by atoms with E-state index in [1.807, 2.05) is 0 Å². The highest BCUT2D eigenvalue weighted by Crippen LogP contribution is 2.41. The van der Waals surface area contributed by atoms with E-state index in [1.165, 1.54) is 50.3 Å². The van der Waals surface area contributed by atoms with Gasteiger partial charge in [0.05, 0.1) is 0 Å². The van der Waals surface area contributed by atoms with Gasteiger partial charge in [0.15, 0.2) is 0 Å². The van der Waals surface area contributed by atoms with Crippen LogP contribution in [0.2, 0.25) is 0 Å². The Hall–Kier alpha value is -1.02. The molecule has 0 amide bonds. The molecule has 0 bridgehead atoms. The molecule has 2 heterocycles. The Labute approximate surface area is 117 Å². The van der Waals surface area contributed by atoms with E-state index in [9.17, 15) is 0 Å². The molecular formula is C17H26N2. The van der Waals surface area contributed by atoms with Crippen molar-refractivity contribution in [2.45, 2.75) is 39.0 Å². The van der Waals surface area contributed by atoms with Crippen molar-refractivity contribution in [1.82, 2.24) is 5.32 Å². The molecular weight excluding hydrogens is 232 g/mol. The number of rotatable bonds is 1. The van der Waals surface area contributed by atoms with Crippen molar-refractivity contribution in [2.75, 3.05) is 31.1 Å². The average molecular weight is 258 g/mol. The first-order valence-electron chi connectivity index (χ1n) is 7.55. The quantitative estimate of drug-likeness (QED) is 0.832. The maximum absolute atomic E-state index is 3.55. The third kappa shape index (κ3) is 2.38. The van der Waals surface area contributed by atoms with Crippen molar-refractivity contribution in [1.29, 1.82) is 0 Å². The van der Waals surface area contributed by atoms with Crippen LogP contribution in [0.5, 0.6) is 0 Å². The third-order valence-electron chi connectivity index (χ3n) is 4.82. The second kappa shape index (κ2) is 4.52. The molecule has 1 aromatic rings. The number of nitrogens with zero attached hydrogens (tertiary/aromatic N) is 1. The van der Waals surface area contributed by atoms with Crippen LogP contribution >= 0.6 is 0 Å². The van der Waals surface area contributed by atoms with Crippen molar-refractivity contribution in [2.24, 2.45) is 5.41 Å². The molecule has 2 nitrogen and oxygen atoms in total. The van der Waals surface area contributed by atoms with Gasteiger partial charge in [-0.25, -0.2) is 0 Å². The van der Waals surface area contributed by atoms with Crippen LogP contribution in [0, 0.1) is 5.41 Å². The van der Waals surface area contributed by atoms with Gasteiger partial charge in [-0.1, -0.05) is 39.0 Å². The molecule has 2 aliphatic rings. The monoisotopic (exact) mass is 258 g/mol. The Morgan fingerprint density at radius 1 is 1.16 bits per heavy atom. The molecule has 2 aliphatic heterocycles. The van der Waals surface area contributed by atoms with Crippen LogP contribution in [-0.4, -0.2) is 26.2 Å². The summed E-state index contributed by atoms with van der Waals surface area (Å²) in [5.74, 6) is 0. The zero-order chi connectivity index (χ0) is 13.5. The topological polar surface area (TPSA) is 15.3 Å². The first-order valence-corrected chi connectivity index (χ1v) is 7.55. The summed E-state index contributed by atoms with van der Waals surface area (Å²) in [6.07, 6.45) is 2.69. The second-order valence-electron chi connectivity index (χ2n) is 7.37. The Morgan fingerprint density at radius 3 is 2.63 bits per heavy atom. The summed E-state index contributed by atoms with van der Waals surface area (Å²) >= 11 is 0. The third-order valence-corrected chi connectivity index (χ3v) is 4.82. The maximum Gasteiger partial charge on any atom is 0.0404 e. The van der Waals surface area contributed by atoms with Crippen LogP contribution in [-0.2, 0) is 5.41 Å². The first-order chi connectivity index (χ1) is 9.00. The molecule has 1 aromatic carbocycles. The number of hydrogen-bond acceptors (Lipinski definition) is 2. The fourth-order valence-corrected chi connectivity index (χ4v) is 3.67. The smallest absolute Gasteiger partial charge is 0.0404 e. The van der Waals surface area contributed by atoms with E-state index < -0.39 is 0 Å². The van der Waals surface area contributed by atoms with Crippen molar-refractivity contribution in [3.8, 4) is 0 Å². The largest absolute Gasteiger partial charge is 0.371 e. The average Bonchev–Trinajstić information content (AvgIpc) is 2.99. The lowest BCUT2D eigenvalue weighted by Gasteiger charge is -2.30. The lowest BCUT2D eigenvalue weighted by Crippen LogP contribution is -2.30. The first kappa shape index (κ1) is 13.0. The Bertz CT molecular complexity index is 453. The summed E-state index contributed by atoms with van der Waals surface area (Å²) in [6.45, 7) is 11.8. The number of anilines is 1. The van der Waals surface area contributed by atoms with Crippen LogP contribution in [0.4, 0.5) is 5.69 Å². The highest BCUT2D eigenvalue weighted by molar-refractivity contribution is 5.57. The molecule has 2 heteroatoms. The lowest BCUT2D eigenvalue weighted by molar-refractivity contribution is 0.369. The van der Waals surface area contributed by atoms with Crippen molar-refractivity contribution in [3.05, 3.63) is 29.8 Å². The van der Waals surface area contributed by atoms with Gasteiger partial charge < -0.3 is 10.2 Å². The summed E-state index contributed by atoms with van der Waals surface area (Å²) < 4.78 is 0. The minimum atomic E-state index is 0.222. The highest BCUT2D eigenvalue weighted by Gasteiger charge is 2.41. The standard InChI is InChI=1S/C17H26N2/c1-16(2,3)14-6-4-5-7-15(14)19-11-9-17(13-19)8-10-18-12-17/h4-7,18H,8-13H2,1-3H3. The molecule has 1 atom stereocenters. The summed E-state index contributed by atoms with van der Waals surface area (Å²) in [4.78, 5) is 2.62. The molecule has 0 radical (unpaired) electrons. The number of para-hydroxylation sites is 1. The van der Waals surface area contributed by atoms with Crippen LogP contribution in [0.3, 0.4) is 0 Å². The molecule has 0 aliphatic carbocycles. The molecule has 3 rings (SSSR count). The molecule has 104 valence electrons. The Morgan fingerprint density at radius 2 is 1.95 bits per heavy atom. The van der Waals surface area contributed by atoms with E-state index in [1.54, 1.807) is 0 Å². The molecule has 0 saturated carbocycles. The van der Waals surface area contributed by atoms with Gasteiger partial charge >= 0.3 is 0 Å². The fraction of sp³-hybridized carbons (Fsp3) is 0.647. The maximum atomic E-state index is 3.55. The Kier molecular flexibility index (Phi) is 3.09. The zero-order valence-corrected chi connectivity index (χ0v) is 12.5. The zero-order valence-electron chi connectivity index (χ0n) is 12.5. The van der Waals surface area contributed by atoms with Crippen molar-refractivity contribution in [3.63, 3.8) is 0 Å². The van der Waals surface area contributed by atoms with Crippen LogP contribution in [0.25, 0.3) is 0 Å². The molecule has 19 heavy (non-hydrogen) atoms. The Balaban J connectivity index is 1.88. The highest BCUT2D eigenvalue weighted by atomic mass is 15.2. The number of nitrogens with one attached hydrogen (secondary N) is 1. The minimum Gasteiger partial charge on any atom is -0.371 e. The van der Waals surface area contributed by atoms with Gasteiger partial charge in [-0.05, 0) is 36.4 Å². The SMILES string of the molecule is CC(C)(C)c1ccccc1N1CCC2(CCNC2)C1. The van der Waals surface area contributed by atoms with E-state index in [0.29, 0.717) is 5.41 Å². The van der Waals surface area contributed by atoms with Gasteiger partial charge in [-0.2, -0.15) is 0 Å². The summed E-state index contributed by atoms with van der Waals surface area (Å²) in [5, 5.41) is 3.55. The van der Waals surface area contributed by atoms with Gasteiger partial charge in [-0.3, -0.25) is 0 Å². The molecule has 2 saturated heterocycles. The van der Waals surface area contributed by atoms with E-state index in [4.69, 9.17) is 0 Å². The molecule has 1 N–H and O–H groups in total. The fourth-order valence-electron chi connectivity index (χ4n) is 3.67. The normalized spacial score (nSPS) is 27.4. The summed E-state index contributed by atoms with van der Waals surface area (Å²) in [7, 11) is 0. The van der Waals surface area contributed by atoms with E-state index in [-0.39, 0.29) is 5.41 Å². The molecule has 1 unspecified atom stereocenters. The van der Waals surface area contributed by atoms with Crippen LogP contribution in [0.15, 0.2) is 24.3 Å². The van der Waals surface area contributed by atoms with E-state index in [0.717, 1.165) is 0 Å². The van der Waals surface area contributed by atoms with Crippen molar-refractivity contribution >= 4 is 5.69 Å². The van der Waals surface area contributed by atoms with Gasteiger partial charge in [-0.15, -0.1) is 0 Å². The number of hydrogen-bond donors (Lipinski definition) is 1. The van der Waals surface area contributed by atoms with Gasteiger partial charge in [0.2, 0.25) is 0 Å². The van der Waals surface area contributed by atoms with E-state index in [2.05, 4.69) is 55.3 Å². The molecule has 0 aromatic heterocycles. The second-order valence-corrected chi connectivity index (χ2v) is 7.37. The van der Waals surface area contributed by atoms with Gasteiger partial charge in [0.25, 0.3) is 0 Å². The predicted molar refractivity (Wildman–Crippen MR) is 81.9 cm³/mol. The predicted octanol–water partition coefficient (Wildman–Crippen LogP) is 3.17. The van der Waals surface area contributed by atoms with Crippen LogP contribution < -0.4 is 10.2 Å². The summed E-state index contributed by atoms with van der Waals surface area (Å²) in [5.41, 5.74) is 3.71. The lowest BCUT2D eigenvalue weighted by atomic mass is 9.85. The summed E-state index contributed by atoms with van der Waals surface area (Å²) in [6, 6.07) is 8.96. The minimum absolute atomic E-state index is 0.222. The van der Waals surface area contributed by atoms with E-state index >= 15 is 0 Å². The van der Waals surface area contributed by atoms with Crippen molar-refractivity contribution < 1.29 is 0 Å². The van der Waals surface area contributed by atoms with Gasteiger partial charge in [0, 0.05) is 30.7 Å². The molecule has 1 spiro atoms. The number of benzene rings is 1. The molecule has 2 fully saturated rings. The van der Waals surface area contributed by atoms with Crippen LogP contribution in [0.1, 0.15) is 39.2 Å².